The van der Waals surface area contributed by atoms with Gasteiger partial charge >= 0.3 is 0 Å². The van der Waals surface area contributed by atoms with Crippen molar-refractivity contribution in [2.24, 2.45) is 0 Å². The second-order valence-corrected chi connectivity index (χ2v) is 13.3. The summed E-state index contributed by atoms with van der Waals surface area (Å²) >= 11 is 0. The Bertz CT molecular complexity index is 975. The van der Waals surface area contributed by atoms with Crippen LogP contribution in [0.5, 0.6) is 0 Å². The molecule has 0 heterocycles. The summed E-state index contributed by atoms with van der Waals surface area (Å²) in [5.74, 6) is 0. The van der Waals surface area contributed by atoms with Crippen LogP contribution in [-0.4, -0.2) is 174 Å². The van der Waals surface area contributed by atoms with E-state index in [0.717, 1.165) is 13.0 Å². The molecule has 0 fully saturated rings. The van der Waals surface area contributed by atoms with Crippen LogP contribution in [0.25, 0.3) is 0 Å². The Morgan fingerprint density at radius 3 is 0.907 bits per heavy atom. The summed E-state index contributed by atoms with van der Waals surface area (Å²) in [6, 6.07) is 7.98. The average molecular weight is 799 g/mol. The Morgan fingerprint density at radius 2 is 0.593 bits per heavy atom. The fraction of sp³-hybridized carbons (Fsp3) is 0.842. The van der Waals surface area contributed by atoms with Crippen molar-refractivity contribution in [3.8, 4) is 0 Å². The maximum atomic E-state index is 12.0. The molecule has 0 aliphatic rings. The second kappa shape index (κ2) is 41.3. The molecule has 0 atom stereocenters. The molecule has 0 aromatic heterocycles. The van der Waals surface area contributed by atoms with Crippen LogP contribution in [0.3, 0.4) is 0 Å². The first-order chi connectivity index (χ1) is 26.7. The first kappa shape index (κ1) is 50.7. The molecular weight excluding hydrogens is 728 g/mol. The summed E-state index contributed by atoms with van der Waals surface area (Å²) in [5, 5.41) is 0. The highest BCUT2D eigenvalue weighted by Gasteiger charge is 2.13. The summed E-state index contributed by atoms with van der Waals surface area (Å²) in [6.45, 7) is 14.0. The first-order valence-corrected chi connectivity index (χ1v) is 20.9. The fourth-order valence-corrected chi connectivity index (χ4v) is 5.28. The molecule has 318 valence electrons. The van der Waals surface area contributed by atoms with E-state index in [1.807, 2.05) is 0 Å². The number of hydrogen-bond donors (Lipinski definition) is 0. The van der Waals surface area contributed by atoms with E-state index in [0.29, 0.717) is 145 Å². The van der Waals surface area contributed by atoms with Crippen molar-refractivity contribution in [1.82, 2.24) is 0 Å². The largest absolute Gasteiger partial charge is 0.379 e. The van der Waals surface area contributed by atoms with Crippen LogP contribution in [-0.2, 0) is 71.1 Å². The van der Waals surface area contributed by atoms with Gasteiger partial charge in [-0.3, -0.25) is 4.18 Å². The maximum Gasteiger partial charge on any atom is 0.297 e. The lowest BCUT2D eigenvalue weighted by molar-refractivity contribution is -0.0285. The van der Waals surface area contributed by atoms with Crippen molar-refractivity contribution in [2.75, 3.05) is 165 Å². The third kappa shape index (κ3) is 36.3. The quantitative estimate of drug-likeness (QED) is 0.0691. The van der Waals surface area contributed by atoms with Crippen molar-refractivity contribution in [3.63, 3.8) is 0 Å². The van der Waals surface area contributed by atoms with E-state index in [4.69, 9.17) is 61.0 Å². The number of benzene rings is 1. The minimum absolute atomic E-state index is 0.0591. The van der Waals surface area contributed by atoms with Gasteiger partial charge in [-0.2, -0.15) is 8.42 Å². The number of hydrogen-bond acceptors (Lipinski definition) is 15. The Kier molecular flexibility index (Phi) is 38.7. The van der Waals surface area contributed by atoms with E-state index in [1.54, 1.807) is 18.2 Å². The first-order valence-electron chi connectivity index (χ1n) is 19.5. The minimum atomic E-state index is -3.76. The molecule has 0 radical (unpaired) electrons. The van der Waals surface area contributed by atoms with Crippen molar-refractivity contribution < 1.29 is 69.4 Å². The van der Waals surface area contributed by atoms with E-state index in [9.17, 15) is 8.42 Å². The van der Waals surface area contributed by atoms with Gasteiger partial charge in [0.25, 0.3) is 10.1 Å². The van der Waals surface area contributed by atoms with Gasteiger partial charge in [-0.1, -0.05) is 57.2 Å². The average Bonchev–Trinajstić information content (AvgIpc) is 3.18. The molecular formula is C38H70O15S. The molecule has 15 nitrogen and oxygen atoms in total. The maximum absolute atomic E-state index is 12.0. The van der Waals surface area contributed by atoms with Crippen LogP contribution < -0.4 is 0 Å². The van der Waals surface area contributed by atoms with Gasteiger partial charge in [-0.05, 0) is 18.6 Å². The smallest absolute Gasteiger partial charge is 0.297 e. The monoisotopic (exact) mass is 798 g/mol. The zero-order valence-corrected chi connectivity index (χ0v) is 33.7. The Balaban J connectivity index is 1.63. The molecule has 16 heteroatoms. The van der Waals surface area contributed by atoms with Crippen LogP contribution in [0.2, 0.25) is 0 Å². The fourth-order valence-electron chi connectivity index (χ4n) is 4.36. The summed E-state index contributed by atoms with van der Waals surface area (Å²) in [4.78, 5) is 0.120. The summed E-state index contributed by atoms with van der Waals surface area (Å²) < 4.78 is 94.6. The molecule has 1 rings (SSSR count). The van der Waals surface area contributed by atoms with Gasteiger partial charge in [0.2, 0.25) is 0 Å². The molecule has 1 aromatic carbocycles. The SMILES string of the molecule is CCCCCCCCOCCOCCOCCOCCOCCOCCOCCOCCOCCOCCOCCOCCOS(=O)(=O)c1ccccc1. The topological polar surface area (TPSA) is 154 Å². The van der Waals surface area contributed by atoms with Crippen LogP contribution in [0.1, 0.15) is 45.4 Å². The van der Waals surface area contributed by atoms with Crippen molar-refractivity contribution in [3.05, 3.63) is 30.3 Å². The molecule has 0 saturated carbocycles. The lowest BCUT2D eigenvalue weighted by Crippen LogP contribution is -2.16. The normalized spacial score (nSPS) is 11.9. The standard InChI is InChI=1S/C38H70O15S/c1-2-3-4-5-6-10-13-41-14-15-42-16-17-43-18-19-44-20-21-45-22-23-46-24-25-47-26-27-48-28-29-49-30-31-50-32-33-51-34-35-52-36-37-53-54(39,40)38-11-8-7-9-12-38/h7-9,11-12H,2-6,10,13-37H2,1H3. The molecule has 0 aliphatic heterocycles. The number of ether oxygens (including phenoxy) is 12. The summed E-state index contributed by atoms with van der Waals surface area (Å²) in [7, 11) is -3.76. The number of unbranched alkanes of at least 4 members (excludes halogenated alkanes) is 5. The van der Waals surface area contributed by atoms with Gasteiger partial charge in [-0.25, -0.2) is 0 Å². The van der Waals surface area contributed by atoms with Gasteiger partial charge in [0, 0.05) is 6.61 Å². The molecule has 0 N–H and O–H groups in total. The summed E-state index contributed by atoms with van der Waals surface area (Å²) in [5.41, 5.74) is 0. The Morgan fingerprint density at radius 1 is 0.333 bits per heavy atom. The lowest BCUT2D eigenvalue weighted by Gasteiger charge is -2.09. The van der Waals surface area contributed by atoms with E-state index in [-0.39, 0.29) is 18.1 Å². The zero-order valence-electron chi connectivity index (χ0n) is 32.8. The highest BCUT2D eigenvalue weighted by atomic mass is 32.2. The van der Waals surface area contributed by atoms with E-state index in [1.165, 1.54) is 44.2 Å². The molecule has 0 saturated heterocycles. The predicted octanol–water partition coefficient (Wildman–Crippen LogP) is 3.95. The van der Waals surface area contributed by atoms with E-state index >= 15 is 0 Å². The highest BCUT2D eigenvalue weighted by Crippen LogP contribution is 2.10. The zero-order chi connectivity index (χ0) is 38.7. The van der Waals surface area contributed by atoms with Gasteiger partial charge in [0.05, 0.1) is 163 Å². The molecule has 0 unspecified atom stereocenters. The van der Waals surface area contributed by atoms with Crippen LogP contribution in [0.4, 0.5) is 0 Å². The number of rotatable bonds is 45. The molecule has 0 amide bonds. The van der Waals surface area contributed by atoms with E-state index in [2.05, 4.69) is 6.92 Å². The van der Waals surface area contributed by atoms with Crippen LogP contribution in [0.15, 0.2) is 35.2 Å². The minimum Gasteiger partial charge on any atom is -0.379 e. The highest BCUT2D eigenvalue weighted by molar-refractivity contribution is 7.86. The van der Waals surface area contributed by atoms with Gasteiger partial charge in [0.1, 0.15) is 0 Å². The Hall–Kier alpha value is -1.35. The third-order valence-electron chi connectivity index (χ3n) is 7.23. The van der Waals surface area contributed by atoms with Crippen molar-refractivity contribution in [1.29, 1.82) is 0 Å². The van der Waals surface area contributed by atoms with Crippen molar-refractivity contribution in [2.45, 2.75) is 50.3 Å². The van der Waals surface area contributed by atoms with E-state index < -0.39 is 10.1 Å². The van der Waals surface area contributed by atoms with Gasteiger partial charge in [0.15, 0.2) is 0 Å². The predicted molar refractivity (Wildman–Crippen MR) is 203 cm³/mol. The second-order valence-electron chi connectivity index (χ2n) is 11.7. The Labute approximate surface area is 324 Å². The van der Waals surface area contributed by atoms with Gasteiger partial charge < -0.3 is 56.8 Å². The molecule has 0 aliphatic carbocycles. The molecule has 1 aromatic rings. The molecule has 54 heavy (non-hydrogen) atoms. The lowest BCUT2D eigenvalue weighted by atomic mass is 10.1. The van der Waals surface area contributed by atoms with Crippen molar-refractivity contribution >= 4 is 10.1 Å². The summed E-state index contributed by atoms with van der Waals surface area (Å²) in [6.07, 6.45) is 7.64. The van der Waals surface area contributed by atoms with Gasteiger partial charge in [-0.15, -0.1) is 0 Å². The molecule has 0 bridgehead atoms. The molecule has 0 spiro atoms. The van der Waals surface area contributed by atoms with Crippen LogP contribution >= 0.6 is 0 Å². The third-order valence-corrected chi connectivity index (χ3v) is 8.56. The van der Waals surface area contributed by atoms with Crippen LogP contribution in [0, 0.1) is 0 Å².